The third kappa shape index (κ3) is 5.95. The van der Waals surface area contributed by atoms with Gasteiger partial charge in [-0.3, -0.25) is 4.79 Å². The van der Waals surface area contributed by atoms with Crippen LogP contribution in [-0.4, -0.2) is 55.7 Å². The first-order chi connectivity index (χ1) is 16.0. The van der Waals surface area contributed by atoms with Gasteiger partial charge in [0.2, 0.25) is 5.91 Å². The number of benzene rings is 2. The smallest absolute Gasteiger partial charge is 0.217 e. The molecule has 2 aromatic rings. The highest BCUT2D eigenvalue weighted by molar-refractivity contribution is 5.73. The number of fused-ring (bicyclic) bond motifs is 1. The highest BCUT2D eigenvalue weighted by Crippen LogP contribution is 2.35. The molecule has 9 nitrogen and oxygen atoms in total. The Morgan fingerprint density at radius 2 is 1.73 bits per heavy atom. The molecule has 0 aromatic heterocycles. The van der Waals surface area contributed by atoms with E-state index >= 15 is 0 Å². The van der Waals surface area contributed by atoms with E-state index in [2.05, 4.69) is 5.32 Å². The van der Waals surface area contributed by atoms with Gasteiger partial charge in [-0.25, -0.2) is 0 Å². The zero-order valence-corrected chi connectivity index (χ0v) is 18.1. The lowest BCUT2D eigenvalue weighted by Gasteiger charge is -2.49. The molecule has 0 aliphatic carbocycles. The largest absolute Gasteiger partial charge is 0.548 e. The monoisotopic (exact) mass is 456 g/mol. The van der Waals surface area contributed by atoms with Crippen molar-refractivity contribution in [1.29, 1.82) is 0 Å². The number of hydrogen-bond donors (Lipinski definition) is 1. The van der Waals surface area contributed by atoms with Crippen molar-refractivity contribution >= 4 is 11.9 Å². The van der Waals surface area contributed by atoms with E-state index < -0.39 is 49.5 Å². The van der Waals surface area contributed by atoms with Crippen molar-refractivity contribution in [2.24, 2.45) is 0 Å². The van der Waals surface area contributed by atoms with Crippen molar-refractivity contribution in [1.82, 2.24) is 5.32 Å². The highest BCUT2D eigenvalue weighted by atomic mass is 16.8. The molecule has 6 atom stereocenters. The molecule has 4 rings (SSSR count). The van der Waals surface area contributed by atoms with E-state index in [4.69, 9.17) is 23.7 Å². The van der Waals surface area contributed by atoms with Gasteiger partial charge in [-0.15, -0.1) is 0 Å². The molecule has 0 unspecified atom stereocenters. The van der Waals surface area contributed by atoms with E-state index in [1.165, 1.54) is 6.92 Å². The molecular formula is C24H26NO8-. The van der Waals surface area contributed by atoms with Gasteiger partial charge in [0.15, 0.2) is 12.6 Å². The van der Waals surface area contributed by atoms with Crippen LogP contribution in [0.3, 0.4) is 0 Å². The maximum Gasteiger partial charge on any atom is 0.217 e. The van der Waals surface area contributed by atoms with Crippen LogP contribution in [0, 0.1) is 0 Å². The number of nitrogens with one attached hydrogen (secondary N) is 1. The van der Waals surface area contributed by atoms with Gasteiger partial charge in [-0.1, -0.05) is 60.7 Å². The Bertz CT molecular complexity index is 925. The summed E-state index contributed by atoms with van der Waals surface area (Å²) in [6, 6.07) is 18.0. The predicted octanol–water partition coefficient (Wildman–Crippen LogP) is 0.682. The van der Waals surface area contributed by atoms with Crippen LogP contribution in [-0.2, 0) is 39.9 Å². The van der Waals surface area contributed by atoms with Crippen molar-refractivity contribution in [3.8, 4) is 0 Å². The first-order valence-corrected chi connectivity index (χ1v) is 10.7. The summed E-state index contributed by atoms with van der Waals surface area (Å²) in [6.07, 6.45) is -3.78. The number of hydrogen-bond acceptors (Lipinski definition) is 8. The van der Waals surface area contributed by atoms with Crippen LogP contribution in [0.5, 0.6) is 0 Å². The number of amides is 1. The number of rotatable bonds is 8. The molecule has 2 aromatic carbocycles. The van der Waals surface area contributed by atoms with E-state index in [0.717, 1.165) is 11.1 Å². The molecule has 0 spiro atoms. The van der Waals surface area contributed by atoms with Crippen molar-refractivity contribution in [2.75, 3.05) is 13.2 Å². The highest BCUT2D eigenvalue weighted by Gasteiger charge is 2.51. The molecule has 2 fully saturated rings. The van der Waals surface area contributed by atoms with Gasteiger partial charge in [-0.05, 0) is 5.56 Å². The molecule has 0 radical (unpaired) electrons. The van der Waals surface area contributed by atoms with E-state index in [1.807, 2.05) is 60.7 Å². The third-order valence-electron chi connectivity index (χ3n) is 5.43. The van der Waals surface area contributed by atoms with E-state index in [9.17, 15) is 14.7 Å². The molecule has 2 aliphatic rings. The van der Waals surface area contributed by atoms with Gasteiger partial charge in [0.25, 0.3) is 0 Å². The molecule has 2 saturated heterocycles. The molecule has 2 aliphatic heterocycles. The Morgan fingerprint density at radius 1 is 1.03 bits per heavy atom. The fourth-order valence-electron chi connectivity index (χ4n) is 4.00. The van der Waals surface area contributed by atoms with Gasteiger partial charge in [0.1, 0.15) is 24.4 Å². The van der Waals surface area contributed by atoms with Crippen molar-refractivity contribution in [2.45, 2.75) is 50.5 Å². The minimum absolute atomic E-state index is 0.174. The molecule has 2 heterocycles. The van der Waals surface area contributed by atoms with E-state index in [0.29, 0.717) is 0 Å². The summed E-state index contributed by atoms with van der Waals surface area (Å²) in [7, 11) is 0. The second-order valence-corrected chi connectivity index (χ2v) is 7.89. The van der Waals surface area contributed by atoms with Gasteiger partial charge in [-0.2, -0.15) is 0 Å². The minimum Gasteiger partial charge on any atom is -0.548 e. The van der Waals surface area contributed by atoms with Gasteiger partial charge < -0.3 is 38.9 Å². The molecular weight excluding hydrogens is 430 g/mol. The zero-order chi connectivity index (χ0) is 23.2. The maximum atomic E-state index is 12.0. The quantitative estimate of drug-likeness (QED) is 0.617. The summed E-state index contributed by atoms with van der Waals surface area (Å²) in [5.74, 6) is -1.72. The molecule has 9 heteroatoms. The summed E-state index contributed by atoms with van der Waals surface area (Å²) in [5.41, 5.74) is 1.71. The summed E-state index contributed by atoms with van der Waals surface area (Å²) in [4.78, 5) is 23.1. The topological polar surface area (TPSA) is 115 Å². The first kappa shape index (κ1) is 23.3. The number of carbonyl (C=O) groups excluding carboxylic acids is 2. The maximum absolute atomic E-state index is 12.0. The van der Waals surface area contributed by atoms with Crippen LogP contribution < -0.4 is 10.4 Å². The standard InChI is InChI=1S/C24H27NO8/c1-15(26)25-20-22(29-14-19(27)28)21-18(13-31-23(33-21)17-10-6-3-7-11-17)32-24(20)30-12-16-8-4-2-5-9-16/h2-11,18,20-24H,12-14H2,1H3,(H,25,26)(H,27,28)/p-1/t18-,20-,21-,22-,23+,24+/m1/s1. The van der Waals surface area contributed by atoms with E-state index in [-0.39, 0.29) is 19.1 Å². The molecule has 0 bridgehead atoms. The summed E-state index contributed by atoms with van der Waals surface area (Å²) in [5, 5.41) is 13.9. The number of carboxylic acid groups (broad SMARTS) is 1. The van der Waals surface area contributed by atoms with Crippen LogP contribution in [0.25, 0.3) is 0 Å². The van der Waals surface area contributed by atoms with Crippen LogP contribution in [0.4, 0.5) is 0 Å². The lowest BCUT2D eigenvalue weighted by molar-refractivity contribution is -0.353. The number of ether oxygens (including phenoxy) is 5. The fraction of sp³-hybridized carbons (Fsp3) is 0.417. The predicted molar refractivity (Wildman–Crippen MR) is 112 cm³/mol. The van der Waals surface area contributed by atoms with Crippen LogP contribution in [0.1, 0.15) is 24.3 Å². The van der Waals surface area contributed by atoms with E-state index in [1.54, 1.807) is 0 Å². The molecule has 33 heavy (non-hydrogen) atoms. The Labute approximate surface area is 191 Å². The van der Waals surface area contributed by atoms with Crippen LogP contribution in [0.2, 0.25) is 0 Å². The summed E-state index contributed by atoms with van der Waals surface area (Å²) in [6.45, 7) is 1.08. The fourth-order valence-corrected chi connectivity index (χ4v) is 4.00. The lowest BCUT2D eigenvalue weighted by Crippen LogP contribution is -2.67. The molecule has 1 N–H and O–H groups in total. The van der Waals surface area contributed by atoms with Gasteiger partial charge >= 0.3 is 0 Å². The average Bonchev–Trinajstić information content (AvgIpc) is 2.82. The second-order valence-electron chi connectivity index (χ2n) is 7.89. The number of carboxylic acids is 1. The van der Waals surface area contributed by atoms with Gasteiger partial charge in [0, 0.05) is 12.5 Å². The van der Waals surface area contributed by atoms with Crippen LogP contribution >= 0.6 is 0 Å². The van der Waals surface area contributed by atoms with Crippen molar-refractivity contribution < 1.29 is 38.4 Å². The van der Waals surface area contributed by atoms with Crippen molar-refractivity contribution in [3.63, 3.8) is 0 Å². The Morgan fingerprint density at radius 3 is 2.39 bits per heavy atom. The third-order valence-corrected chi connectivity index (χ3v) is 5.43. The molecule has 176 valence electrons. The first-order valence-electron chi connectivity index (χ1n) is 10.7. The molecule has 0 saturated carbocycles. The summed E-state index contributed by atoms with van der Waals surface area (Å²) < 4.78 is 29.8. The number of aliphatic carboxylic acids is 1. The van der Waals surface area contributed by atoms with Gasteiger partial charge in [0.05, 0.1) is 25.8 Å². The summed E-state index contributed by atoms with van der Waals surface area (Å²) >= 11 is 0. The zero-order valence-electron chi connectivity index (χ0n) is 18.1. The SMILES string of the molecule is CC(=O)N[C@H]1[C@@H](OCc2ccccc2)O[C@@H]2CO[C@H](c3ccccc3)O[C@H]2[C@@H]1OCC(=O)[O-]. The van der Waals surface area contributed by atoms with Crippen molar-refractivity contribution in [3.05, 3.63) is 71.8 Å². The second kappa shape index (κ2) is 10.9. The minimum atomic E-state index is -1.38. The molecule has 1 amide bonds. The number of carbonyl (C=O) groups is 2. The average molecular weight is 456 g/mol. The Balaban J connectivity index is 1.56. The Kier molecular flexibility index (Phi) is 7.69. The normalized spacial score (nSPS) is 29.1. The lowest BCUT2D eigenvalue weighted by atomic mass is 9.95. The Hall–Kier alpha value is -2.82. The van der Waals surface area contributed by atoms with Crippen LogP contribution in [0.15, 0.2) is 60.7 Å².